The van der Waals surface area contributed by atoms with Crippen molar-refractivity contribution in [2.24, 2.45) is 5.92 Å². The summed E-state index contributed by atoms with van der Waals surface area (Å²) in [6.07, 6.45) is 6.71. The van der Waals surface area contributed by atoms with Crippen LogP contribution >= 0.6 is 0 Å². The van der Waals surface area contributed by atoms with Crippen molar-refractivity contribution in [1.82, 2.24) is 15.2 Å². The smallest absolute Gasteiger partial charge is 0.249 e. The quantitative estimate of drug-likeness (QED) is 0.750. The minimum absolute atomic E-state index is 0.00279. The molecule has 3 aliphatic heterocycles. The standard InChI is InChI=1S/C26H33N3O3/c1-18-14-21-15-19(9-10-23(21)32-18)16-29-12-4-6-20(17-29)25(22-7-2-3-11-27-22)28-26(30)24-8-5-13-31-24/h2-3,7,9-11,15,18,20,24-25H,4-6,8,12-14,16-17H2,1H3,(H,28,30)/t18-,20-,24-,25-/m0/s1. The van der Waals surface area contributed by atoms with Gasteiger partial charge in [-0.1, -0.05) is 18.2 Å². The molecule has 1 amide bonds. The number of nitrogens with zero attached hydrogens (tertiary/aromatic N) is 2. The zero-order valence-corrected chi connectivity index (χ0v) is 18.8. The molecule has 0 radical (unpaired) electrons. The lowest BCUT2D eigenvalue weighted by Gasteiger charge is -2.37. The Bertz CT molecular complexity index is 929. The highest BCUT2D eigenvalue weighted by Crippen LogP contribution is 2.32. The molecule has 0 spiro atoms. The Morgan fingerprint density at radius 3 is 3.00 bits per heavy atom. The number of piperidine rings is 1. The molecule has 0 bridgehead atoms. The Hall–Kier alpha value is -2.44. The predicted octanol–water partition coefficient (Wildman–Crippen LogP) is 3.65. The normalized spacial score (nSPS) is 26.3. The topological polar surface area (TPSA) is 63.7 Å². The van der Waals surface area contributed by atoms with Crippen LogP contribution in [-0.2, 0) is 22.5 Å². The van der Waals surface area contributed by atoms with Crippen LogP contribution in [0.25, 0.3) is 0 Å². The zero-order valence-electron chi connectivity index (χ0n) is 18.8. The Balaban J connectivity index is 1.29. The molecule has 0 aliphatic carbocycles. The van der Waals surface area contributed by atoms with E-state index in [0.29, 0.717) is 12.5 Å². The Morgan fingerprint density at radius 1 is 1.25 bits per heavy atom. The van der Waals surface area contributed by atoms with Crippen LogP contribution in [0.4, 0.5) is 0 Å². The van der Waals surface area contributed by atoms with Gasteiger partial charge < -0.3 is 14.8 Å². The first kappa shape index (κ1) is 21.4. The van der Waals surface area contributed by atoms with Crippen molar-refractivity contribution in [3.8, 4) is 5.75 Å². The summed E-state index contributed by atoms with van der Waals surface area (Å²) in [6.45, 7) is 5.74. The molecule has 0 unspecified atom stereocenters. The highest BCUT2D eigenvalue weighted by Gasteiger charge is 2.33. The summed E-state index contributed by atoms with van der Waals surface area (Å²) >= 11 is 0. The largest absolute Gasteiger partial charge is 0.490 e. The number of fused-ring (bicyclic) bond motifs is 1. The average Bonchev–Trinajstić information content (AvgIpc) is 3.47. The molecular weight excluding hydrogens is 402 g/mol. The highest BCUT2D eigenvalue weighted by molar-refractivity contribution is 5.81. The number of benzene rings is 1. The van der Waals surface area contributed by atoms with E-state index in [-0.39, 0.29) is 24.2 Å². The van der Waals surface area contributed by atoms with Gasteiger partial charge >= 0.3 is 0 Å². The molecule has 32 heavy (non-hydrogen) atoms. The Kier molecular flexibility index (Phi) is 6.42. The number of likely N-dealkylation sites (tertiary alicyclic amines) is 1. The summed E-state index contributed by atoms with van der Waals surface area (Å²) in [7, 11) is 0. The molecule has 0 saturated carbocycles. The van der Waals surface area contributed by atoms with Crippen molar-refractivity contribution >= 4 is 5.91 Å². The van der Waals surface area contributed by atoms with Gasteiger partial charge in [0.2, 0.25) is 5.91 Å². The van der Waals surface area contributed by atoms with Crippen LogP contribution < -0.4 is 10.1 Å². The van der Waals surface area contributed by atoms with E-state index < -0.39 is 0 Å². The zero-order chi connectivity index (χ0) is 21.9. The maximum atomic E-state index is 12.9. The molecule has 4 atom stereocenters. The van der Waals surface area contributed by atoms with Gasteiger partial charge in [0.05, 0.1) is 11.7 Å². The van der Waals surface area contributed by atoms with E-state index in [9.17, 15) is 4.79 Å². The predicted molar refractivity (Wildman–Crippen MR) is 122 cm³/mol. The number of pyridine rings is 1. The molecular formula is C26H33N3O3. The van der Waals surface area contributed by atoms with Crippen molar-refractivity contribution in [3.05, 3.63) is 59.4 Å². The number of carbonyl (C=O) groups is 1. The van der Waals surface area contributed by atoms with Gasteiger partial charge in [-0.15, -0.1) is 0 Å². The molecule has 5 rings (SSSR count). The van der Waals surface area contributed by atoms with Crippen LogP contribution in [0.3, 0.4) is 0 Å². The Morgan fingerprint density at radius 2 is 2.19 bits per heavy atom. The van der Waals surface area contributed by atoms with Gasteiger partial charge in [0, 0.05) is 32.3 Å². The van der Waals surface area contributed by atoms with Crippen molar-refractivity contribution in [1.29, 1.82) is 0 Å². The lowest BCUT2D eigenvalue weighted by atomic mass is 9.88. The Labute approximate surface area is 190 Å². The van der Waals surface area contributed by atoms with Crippen LogP contribution in [0.15, 0.2) is 42.6 Å². The third-order valence-electron chi connectivity index (χ3n) is 6.91. The van der Waals surface area contributed by atoms with Crippen molar-refractivity contribution in [3.63, 3.8) is 0 Å². The summed E-state index contributed by atoms with van der Waals surface area (Å²) < 4.78 is 11.5. The second kappa shape index (κ2) is 9.59. The van der Waals surface area contributed by atoms with Crippen LogP contribution in [0.1, 0.15) is 55.5 Å². The average molecular weight is 436 g/mol. The van der Waals surface area contributed by atoms with Crippen LogP contribution in [-0.4, -0.2) is 47.7 Å². The molecule has 6 nitrogen and oxygen atoms in total. The molecule has 6 heteroatoms. The summed E-state index contributed by atoms with van der Waals surface area (Å²) in [5.74, 6) is 1.36. The lowest BCUT2D eigenvalue weighted by Crippen LogP contribution is -2.45. The maximum absolute atomic E-state index is 12.9. The van der Waals surface area contributed by atoms with E-state index in [2.05, 4.69) is 40.3 Å². The molecule has 2 aromatic rings. The number of carbonyl (C=O) groups excluding carboxylic acids is 1. The van der Waals surface area contributed by atoms with Gasteiger partial charge in [0.25, 0.3) is 0 Å². The number of aromatic nitrogens is 1. The molecule has 170 valence electrons. The van der Waals surface area contributed by atoms with E-state index in [1.807, 2.05) is 24.4 Å². The van der Waals surface area contributed by atoms with E-state index in [4.69, 9.17) is 9.47 Å². The molecule has 1 N–H and O–H groups in total. The molecule has 3 aliphatic rings. The second-order valence-corrected chi connectivity index (χ2v) is 9.45. The first-order chi connectivity index (χ1) is 15.7. The number of rotatable bonds is 6. The van der Waals surface area contributed by atoms with E-state index >= 15 is 0 Å². The minimum atomic E-state index is -0.322. The van der Waals surface area contributed by atoms with E-state index in [1.165, 1.54) is 11.1 Å². The van der Waals surface area contributed by atoms with E-state index in [1.54, 1.807) is 0 Å². The SMILES string of the molecule is C[C@H]1Cc2cc(CN3CCC[C@H]([C@H](NC(=O)[C@@H]4CCCO4)c4ccccn4)C3)ccc2O1. The second-order valence-electron chi connectivity index (χ2n) is 9.45. The van der Waals surface area contributed by atoms with Gasteiger partial charge in [0.15, 0.2) is 0 Å². The minimum Gasteiger partial charge on any atom is -0.490 e. The summed E-state index contributed by atoms with van der Waals surface area (Å²) in [4.78, 5) is 20.0. The number of amides is 1. The van der Waals surface area contributed by atoms with Gasteiger partial charge in [-0.05, 0) is 74.4 Å². The van der Waals surface area contributed by atoms with Gasteiger partial charge in [-0.25, -0.2) is 0 Å². The monoisotopic (exact) mass is 435 g/mol. The number of nitrogens with one attached hydrogen (secondary N) is 1. The first-order valence-electron chi connectivity index (χ1n) is 12.0. The van der Waals surface area contributed by atoms with Crippen LogP contribution in [0.5, 0.6) is 5.75 Å². The lowest BCUT2D eigenvalue weighted by molar-refractivity contribution is -0.131. The van der Waals surface area contributed by atoms with Crippen LogP contribution in [0, 0.1) is 5.92 Å². The highest BCUT2D eigenvalue weighted by atomic mass is 16.5. The molecule has 2 fully saturated rings. The maximum Gasteiger partial charge on any atom is 0.249 e. The molecule has 4 heterocycles. The molecule has 1 aromatic heterocycles. The summed E-state index contributed by atoms with van der Waals surface area (Å²) in [6, 6.07) is 12.5. The van der Waals surface area contributed by atoms with Gasteiger partial charge in [-0.2, -0.15) is 0 Å². The number of ether oxygens (including phenoxy) is 2. The number of hydrogen-bond donors (Lipinski definition) is 1. The van der Waals surface area contributed by atoms with Crippen molar-refractivity contribution in [2.75, 3.05) is 19.7 Å². The summed E-state index contributed by atoms with van der Waals surface area (Å²) in [5.41, 5.74) is 3.59. The molecule has 2 saturated heterocycles. The van der Waals surface area contributed by atoms with Crippen molar-refractivity contribution in [2.45, 2.75) is 63.8 Å². The third kappa shape index (κ3) is 4.81. The van der Waals surface area contributed by atoms with Gasteiger partial charge in [0.1, 0.15) is 18.0 Å². The van der Waals surface area contributed by atoms with Crippen molar-refractivity contribution < 1.29 is 14.3 Å². The third-order valence-corrected chi connectivity index (χ3v) is 6.91. The fourth-order valence-electron chi connectivity index (χ4n) is 5.36. The summed E-state index contributed by atoms with van der Waals surface area (Å²) in [5, 5.41) is 3.30. The first-order valence-corrected chi connectivity index (χ1v) is 12.0. The van der Waals surface area contributed by atoms with Gasteiger partial charge in [-0.3, -0.25) is 14.7 Å². The molecule has 1 aromatic carbocycles. The fraction of sp³-hybridized carbons (Fsp3) is 0.538. The number of hydrogen-bond acceptors (Lipinski definition) is 5. The van der Waals surface area contributed by atoms with Crippen LogP contribution in [0.2, 0.25) is 0 Å². The van der Waals surface area contributed by atoms with E-state index in [0.717, 1.165) is 63.2 Å². The fourth-order valence-corrected chi connectivity index (χ4v) is 5.36.